The van der Waals surface area contributed by atoms with E-state index < -0.39 is 28.7 Å². The smallest absolute Gasteiger partial charge is 0.460 e. The first-order valence-corrected chi connectivity index (χ1v) is 4.20. The van der Waals surface area contributed by atoms with Gasteiger partial charge in [-0.3, -0.25) is 0 Å². The number of hydrogen-bond donors (Lipinski definition) is 0. The molecule has 0 bridgehead atoms. The standard InChI is InChI=1S/C8H7F3N2O4/c1-4-3-5(17-8(9,10)11)7(16-2)12-6(4)13(14)15/h3H,1-2H3. The molecule has 1 aromatic heterocycles. The van der Waals surface area contributed by atoms with Gasteiger partial charge in [0.1, 0.15) is 0 Å². The van der Waals surface area contributed by atoms with Gasteiger partial charge < -0.3 is 19.6 Å². The molecule has 0 fully saturated rings. The summed E-state index contributed by atoms with van der Waals surface area (Å²) < 4.78 is 44.2. The Balaban J connectivity index is 3.24. The number of halogens is 3. The molecule has 0 aliphatic heterocycles. The van der Waals surface area contributed by atoms with Crippen LogP contribution in [0, 0.1) is 17.0 Å². The molecule has 1 aromatic rings. The molecule has 1 heterocycles. The van der Waals surface area contributed by atoms with Crippen molar-refractivity contribution in [2.45, 2.75) is 13.3 Å². The molecular weight excluding hydrogens is 245 g/mol. The molecule has 0 aliphatic carbocycles. The fraction of sp³-hybridized carbons (Fsp3) is 0.375. The number of nitro groups is 1. The molecule has 0 spiro atoms. The summed E-state index contributed by atoms with van der Waals surface area (Å²) in [4.78, 5) is 13.0. The maximum atomic E-state index is 12.0. The quantitative estimate of drug-likeness (QED) is 0.609. The van der Waals surface area contributed by atoms with Gasteiger partial charge in [0.2, 0.25) is 5.75 Å². The van der Waals surface area contributed by atoms with E-state index in [1.54, 1.807) is 0 Å². The van der Waals surface area contributed by atoms with Crippen molar-refractivity contribution in [3.63, 3.8) is 0 Å². The fourth-order valence-electron chi connectivity index (χ4n) is 1.09. The van der Waals surface area contributed by atoms with Gasteiger partial charge in [-0.1, -0.05) is 0 Å². The summed E-state index contributed by atoms with van der Waals surface area (Å²) in [6.07, 6.45) is -4.92. The lowest BCUT2D eigenvalue weighted by Crippen LogP contribution is -2.18. The molecule has 0 unspecified atom stereocenters. The number of pyridine rings is 1. The second-order valence-corrected chi connectivity index (χ2v) is 2.94. The van der Waals surface area contributed by atoms with E-state index in [1.807, 2.05) is 0 Å². The van der Waals surface area contributed by atoms with Crippen molar-refractivity contribution < 1.29 is 27.6 Å². The van der Waals surface area contributed by atoms with Crippen LogP contribution >= 0.6 is 0 Å². The van der Waals surface area contributed by atoms with E-state index in [4.69, 9.17) is 0 Å². The van der Waals surface area contributed by atoms with Crippen molar-refractivity contribution in [3.05, 3.63) is 21.7 Å². The molecule has 0 N–H and O–H groups in total. The van der Waals surface area contributed by atoms with Gasteiger partial charge in [-0.2, -0.15) is 0 Å². The first-order chi connectivity index (χ1) is 7.74. The van der Waals surface area contributed by atoms with Crippen LogP contribution in [0.4, 0.5) is 19.0 Å². The number of nitrogens with zero attached hydrogens (tertiary/aromatic N) is 2. The van der Waals surface area contributed by atoms with Crippen LogP contribution < -0.4 is 9.47 Å². The van der Waals surface area contributed by atoms with Gasteiger partial charge in [0, 0.05) is 11.1 Å². The lowest BCUT2D eigenvalue weighted by molar-refractivity contribution is -0.390. The summed E-state index contributed by atoms with van der Waals surface area (Å²) in [6.45, 7) is 1.24. The number of alkyl halides is 3. The molecular formula is C8H7F3N2O4. The Morgan fingerprint density at radius 3 is 2.47 bits per heavy atom. The molecule has 0 aliphatic rings. The Kier molecular flexibility index (Phi) is 3.39. The molecule has 94 valence electrons. The molecule has 0 aromatic carbocycles. The molecule has 0 atom stereocenters. The molecule has 1 rings (SSSR count). The summed E-state index contributed by atoms with van der Waals surface area (Å²) in [5, 5.41) is 10.5. The Morgan fingerprint density at radius 2 is 2.06 bits per heavy atom. The van der Waals surface area contributed by atoms with Crippen LogP contribution in [0.15, 0.2) is 6.07 Å². The zero-order valence-electron chi connectivity index (χ0n) is 8.74. The van der Waals surface area contributed by atoms with Crippen molar-refractivity contribution in [1.82, 2.24) is 4.98 Å². The van der Waals surface area contributed by atoms with E-state index in [0.29, 0.717) is 0 Å². The van der Waals surface area contributed by atoms with Crippen molar-refractivity contribution in [2.24, 2.45) is 0 Å². The minimum absolute atomic E-state index is 0.0601. The Hall–Kier alpha value is -2.06. The third-order valence-corrected chi connectivity index (χ3v) is 1.71. The van der Waals surface area contributed by atoms with Crippen molar-refractivity contribution in [2.75, 3.05) is 7.11 Å². The van der Waals surface area contributed by atoms with E-state index in [2.05, 4.69) is 14.5 Å². The van der Waals surface area contributed by atoms with Gasteiger partial charge >= 0.3 is 18.1 Å². The van der Waals surface area contributed by atoms with Crippen LogP contribution in [0.3, 0.4) is 0 Å². The predicted octanol–water partition coefficient (Wildman–Crippen LogP) is 2.21. The van der Waals surface area contributed by atoms with Gasteiger partial charge in [0.05, 0.1) is 12.7 Å². The van der Waals surface area contributed by atoms with Crippen LogP contribution in [-0.4, -0.2) is 23.4 Å². The van der Waals surface area contributed by atoms with E-state index in [1.165, 1.54) is 6.92 Å². The Morgan fingerprint density at radius 1 is 1.47 bits per heavy atom. The highest BCUT2D eigenvalue weighted by Crippen LogP contribution is 2.34. The summed E-state index contributed by atoms with van der Waals surface area (Å²) in [5.74, 6) is -1.90. The third kappa shape index (κ3) is 3.20. The zero-order chi connectivity index (χ0) is 13.2. The normalized spacial score (nSPS) is 11.1. The largest absolute Gasteiger partial charge is 0.573 e. The van der Waals surface area contributed by atoms with E-state index in [-0.39, 0.29) is 5.56 Å². The minimum atomic E-state index is -4.92. The molecule has 0 saturated heterocycles. The van der Waals surface area contributed by atoms with E-state index in [0.717, 1.165) is 13.2 Å². The zero-order valence-corrected chi connectivity index (χ0v) is 8.74. The van der Waals surface area contributed by atoms with Crippen LogP contribution in [0.25, 0.3) is 0 Å². The summed E-state index contributed by atoms with van der Waals surface area (Å²) in [6, 6.07) is 0.845. The van der Waals surface area contributed by atoms with Gasteiger partial charge in [0.15, 0.2) is 0 Å². The monoisotopic (exact) mass is 252 g/mol. The lowest BCUT2D eigenvalue weighted by atomic mass is 10.3. The van der Waals surface area contributed by atoms with Gasteiger partial charge in [0.25, 0.3) is 0 Å². The van der Waals surface area contributed by atoms with Crippen LogP contribution in [0.1, 0.15) is 5.56 Å². The topological polar surface area (TPSA) is 74.5 Å². The average molecular weight is 252 g/mol. The molecule has 6 nitrogen and oxygen atoms in total. The summed E-state index contributed by atoms with van der Waals surface area (Å²) >= 11 is 0. The lowest BCUT2D eigenvalue weighted by Gasteiger charge is -2.10. The summed E-state index contributed by atoms with van der Waals surface area (Å²) in [5.41, 5.74) is -0.0601. The number of methoxy groups -OCH3 is 1. The van der Waals surface area contributed by atoms with Crippen LogP contribution in [-0.2, 0) is 0 Å². The average Bonchev–Trinajstić information content (AvgIpc) is 2.14. The number of ether oxygens (including phenoxy) is 2. The fourth-order valence-corrected chi connectivity index (χ4v) is 1.09. The molecule has 0 radical (unpaired) electrons. The number of aryl methyl sites for hydroxylation is 1. The number of aromatic nitrogens is 1. The highest BCUT2D eigenvalue weighted by molar-refractivity contribution is 5.45. The van der Waals surface area contributed by atoms with Gasteiger partial charge in [-0.25, -0.2) is 0 Å². The molecule has 0 amide bonds. The van der Waals surface area contributed by atoms with Gasteiger partial charge in [-0.15, -0.1) is 13.2 Å². The minimum Gasteiger partial charge on any atom is -0.460 e. The number of hydrogen-bond acceptors (Lipinski definition) is 5. The highest BCUT2D eigenvalue weighted by atomic mass is 19.4. The van der Waals surface area contributed by atoms with Gasteiger partial charge in [-0.05, 0) is 11.8 Å². The first-order valence-electron chi connectivity index (χ1n) is 4.20. The second kappa shape index (κ2) is 4.44. The van der Waals surface area contributed by atoms with E-state index in [9.17, 15) is 23.3 Å². The van der Waals surface area contributed by atoms with Crippen LogP contribution in [0.5, 0.6) is 11.6 Å². The Bertz CT molecular complexity index is 447. The SMILES string of the molecule is COc1nc([N+](=O)[O-])c(C)cc1OC(F)(F)F. The highest BCUT2D eigenvalue weighted by Gasteiger charge is 2.35. The molecule has 0 saturated carbocycles. The molecule has 17 heavy (non-hydrogen) atoms. The number of rotatable bonds is 3. The second-order valence-electron chi connectivity index (χ2n) is 2.94. The summed E-state index contributed by atoms with van der Waals surface area (Å²) in [7, 11) is 1.03. The van der Waals surface area contributed by atoms with Crippen molar-refractivity contribution in [3.8, 4) is 11.6 Å². The first kappa shape index (κ1) is 13.0. The third-order valence-electron chi connectivity index (χ3n) is 1.71. The van der Waals surface area contributed by atoms with Crippen molar-refractivity contribution in [1.29, 1.82) is 0 Å². The van der Waals surface area contributed by atoms with Crippen LogP contribution in [0.2, 0.25) is 0 Å². The predicted molar refractivity (Wildman–Crippen MR) is 48.9 cm³/mol. The maximum absolute atomic E-state index is 12.0. The Labute approximate surface area is 93.1 Å². The maximum Gasteiger partial charge on any atom is 0.573 e. The van der Waals surface area contributed by atoms with Crippen molar-refractivity contribution >= 4 is 5.82 Å². The van der Waals surface area contributed by atoms with E-state index >= 15 is 0 Å². The molecule has 9 heteroatoms.